The molecule has 0 aliphatic heterocycles. The number of amides is 1. The lowest BCUT2D eigenvalue weighted by atomic mass is 10.0. The Morgan fingerprint density at radius 2 is 1.91 bits per heavy atom. The van der Waals surface area contributed by atoms with Gasteiger partial charge in [0.15, 0.2) is 0 Å². The molecule has 3 aromatic heterocycles. The molecule has 33 heavy (non-hydrogen) atoms. The van der Waals surface area contributed by atoms with Crippen molar-refractivity contribution in [2.75, 3.05) is 11.9 Å². The highest BCUT2D eigenvalue weighted by atomic mass is 35.5. The van der Waals surface area contributed by atoms with Crippen LogP contribution >= 0.6 is 22.9 Å². The lowest BCUT2D eigenvalue weighted by Crippen LogP contribution is -2.15. The molecule has 1 N–H and O–H groups in total. The Morgan fingerprint density at radius 1 is 1.15 bits per heavy atom. The van der Waals surface area contributed by atoms with E-state index in [-0.39, 0.29) is 18.9 Å². The number of carbonyl (C=O) groups is 2. The van der Waals surface area contributed by atoms with Crippen molar-refractivity contribution in [3.8, 4) is 11.1 Å². The Morgan fingerprint density at radius 3 is 2.64 bits per heavy atom. The summed E-state index contributed by atoms with van der Waals surface area (Å²) in [5.41, 5.74) is 4.73. The summed E-state index contributed by atoms with van der Waals surface area (Å²) >= 11 is 7.41. The van der Waals surface area contributed by atoms with Gasteiger partial charge in [-0.25, -0.2) is 9.78 Å². The number of aryl methyl sites for hydroxylation is 3. The molecule has 170 valence electrons. The number of carbonyl (C=O) groups excluding carboxylic acids is 2. The van der Waals surface area contributed by atoms with E-state index >= 15 is 0 Å². The number of benzene rings is 1. The highest BCUT2D eigenvalue weighted by molar-refractivity contribution is 7.17. The Balaban J connectivity index is 1.59. The average Bonchev–Trinajstić information content (AvgIpc) is 3.28. The van der Waals surface area contributed by atoms with Gasteiger partial charge in [0.2, 0.25) is 5.91 Å². The molecule has 8 heteroatoms. The zero-order chi connectivity index (χ0) is 23.5. The zero-order valence-corrected chi connectivity index (χ0v) is 20.2. The predicted molar refractivity (Wildman–Crippen MR) is 132 cm³/mol. The van der Waals surface area contributed by atoms with E-state index in [2.05, 4.69) is 10.3 Å². The molecular formula is C25H24ClN3O3S. The number of rotatable bonds is 7. The number of thiophene rings is 1. The zero-order valence-electron chi connectivity index (χ0n) is 18.6. The van der Waals surface area contributed by atoms with Crippen molar-refractivity contribution in [1.29, 1.82) is 0 Å². The third-order valence-electron chi connectivity index (χ3n) is 5.37. The second-order valence-electron chi connectivity index (χ2n) is 7.59. The van der Waals surface area contributed by atoms with Gasteiger partial charge < -0.3 is 14.5 Å². The van der Waals surface area contributed by atoms with Crippen LogP contribution in [0.15, 0.2) is 48.7 Å². The topological polar surface area (TPSA) is 72.7 Å². The van der Waals surface area contributed by atoms with Gasteiger partial charge in [0, 0.05) is 33.8 Å². The summed E-state index contributed by atoms with van der Waals surface area (Å²) in [5, 5.41) is 4.05. The first-order valence-corrected chi connectivity index (χ1v) is 11.9. The van der Waals surface area contributed by atoms with Crippen LogP contribution in [0.2, 0.25) is 5.02 Å². The second-order valence-corrected chi connectivity index (χ2v) is 9.25. The SMILES string of the molecule is CCOC(=O)c1c(NC(=O)CCc2c(C)nc3ccccn23)sc(C)c1-c1ccc(Cl)cc1. The summed E-state index contributed by atoms with van der Waals surface area (Å²) in [5.74, 6) is -0.630. The minimum atomic E-state index is -0.459. The number of nitrogens with zero attached hydrogens (tertiary/aromatic N) is 2. The van der Waals surface area contributed by atoms with Crippen molar-refractivity contribution in [2.45, 2.75) is 33.6 Å². The Hall–Kier alpha value is -3.16. The monoisotopic (exact) mass is 481 g/mol. The number of ether oxygens (including phenoxy) is 1. The number of anilines is 1. The Bertz CT molecular complexity index is 1320. The summed E-state index contributed by atoms with van der Waals surface area (Å²) in [6.07, 6.45) is 2.74. The molecule has 0 saturated carbocycles. The van der Waals surface area contributed by atoms with Gasteiger partial charge in [-0.3, -0.25) is 4.79 Å². The fourth-order valence-electron chi connectivity index (χ4n) is 3.88. The van der Waals surface area contributed by atoms with Crippen molar-refractivity contribution >= 4 is 45.5 Å². The number of halogens is 1. The van der Waals surface area contributed by atoms with E-state index in [0.29, 0.717) is 22.0 Å². The molecule has 3 heterocycles. The summed E-state index contributed by atoms with van der Waals surface area (Å²) in [6.45, 7) is 5.87. The smallest absolute Gasteiger partial charge is 0.341 e. The number of aromatic nitrogens is 2. The van der Waals surface area contributed by atoms with Crippen molar-refractivity contribution < 1.29 is 14.3 Å². The number of hydrogen-bond acceptors (Lipinski definition) is 5. The number of nitrogens with one attached hydrogen (secondary N) is 1. The highest BCUT2D eigenvalue weighted by Gasteiger charge is 2.25. The lowest BCUT2D eigenvalue weighted by Gasteiger charge is -2.09. The number of pyridine rings is 1. The number of imidazole rings is 1. The van der Waals surface area contributed by atoms with Crippen LogP contribution in [-0.4, -0.2) is 27.9 Å². The molecule has 0 fully saturated rings. The van der Waals surface area contributed by atoms with Gasteiger partial charge in [-0.1, -0.05) is 29.8 Å². The Kier molecular flexibility index (Phi) is 6.81. The van der Waals surface area contributed by atoms with E-state index in [0.717, 1.165) is 33.0 Å². The molecule has 0 saturated heterocycles. The van der Waals surface area contributed by atoms with E-state index < -0.39 is 5.97 Å². The largest absolute Gasteiger partial charge is 0.462 e. The first-order chi connectivity index (χ1) is 15.9. The van der Waals surface area contributed by atoms with Crippen LogP contribution in [-0.2, 0) is 16.0 Å². The molecule has 0 unspecified atom stereocenters. The van der Waals surface area contributed by atoms with Gasteiger partial charge in [-0.2, -0.15) is 0 Å². The average molecular weight is 482 g/mol. The van der Waals surface area contributed by atoms with Crippen LogP contribution in [0, 0.1) is 13.8 Å². The van der Waals surface area contributed by atoms with E-state index in [9.17, 15) is 9.59 Å². The molecule has 0 spiro atoms. The molecule has 0 aliphatic rings. The second kappa shape index (κ2) is 9.77. The maximum Gasteiger partial charge on any atom is 0.341 e. The molecule has 0 radical (unpaired) electrons. The van der Waals surface area contributed by atoms with Crippen molar-refractivity contribution in [3.05, 3.63) is 75.5 Å². The van der Waals surface area contributed by atoms with E-state index in [1.54, 1.807) is 19.1 Å². The molecule has 4 aromatic rings. The summed E-state index contributed by atoms with van der Waals surface area (Å²) in [6, 6.07) is 13.1. The minimum Gasteiger partial charge on any atom is -0.462 e. The third kappa shape index (κ3) is 4.79. The van der Waals surface area contributed by atoms with Gasteiger partial charge in [0.05, 0.1) is 12.3 Å². The van der Waals surface area contributed by atoms with Crippen LogP contribution in [0.1, 0.15) is 40.0 Å². The molecule has 0 atom stereocenters. The molecule has 6 nitrogen and oxygen atoms in total. The van der Waals surface area contributed by atoms with E-state index in [4.69, 9.17) is 16.3 Å². The molecule has 1 aromatic carbocycles. The number of fused-ring (bicyclic) bond motifs is 1. The maximum absolute atomic E-state index is 12.9. The van der Waals surface area contributed by atoms with Crippen LogP contribution in [0.25, 0.3) is 16.8 Å². The summed E-state index contributed by atoms with van der Waals surface area (Å²) in [4.78, 5) is 31.2. The molecule has 4 rings (SSSR count). The van der Waals surface area contributed by atoms with Crippen LogP contribution in [0.5, 0.6) is 0 Å². The minimum absolute atomic E-state index is 0.172. The Labute approximate surface area is 201 Å². The molecular weight excluding hydrogens is 458 g/mol. The van der Waals surface area contributed by atoms with Crippen molar-refractivity contribution in [1.82, 2.24) is 9.38 Å². The van der Waals surface area contributed by atoms with Gasteiger partial charge in [-0.05, 0) is 57.0 Å². The quantitative estimate of drug-likeness (QED) is 0.324. The first-order valence-electron chi connectivity index (χ1n) is 10.7. The first kappa shape index (κ1) is 23.0. The normalized spacial score (nSPS) is 11.0. The maximum atomic E-state index is 12.9. The van der Waals surface area contributed by atoms with E-state index in [1.807, 2.05) is 54.8 Å². The fraction of sp³-hybridized carbons (Fsp3) is 0.240. The number of hydrogen-bond donors (Lipinski definition) is 1. The van der Waals surface area contributed by atoms with E-state index in [1.165, 1.54) is 11.3 Å². The summed E-state index contributed by atoms with van der Waals surface area (Å²) in [7, 11) is 0. The van der Waals surface area contributed by atoms with Gasteiger partial charge in [-0.15, -0.1) is 11.3 Å². The van der Waals surface area contributed by atoms with Crippen molar-refractivity contribution in [2.24, 2.45) is 0 Å². The highest BCUT2D eigenvalue weighted by Crippen LogP contribution is 2.40. The standard InChI is InChI=1S/C25H24ClN3O3S/c1-4-32-25(31)23-22(17-8-10-18(26)11-9-17)16(3)33-24(23)28-21(30)13-12-19-15(2)27-20-7-5-6-14-29(19)20/h5-11,14H,4,12-13H2,1-3H3,(H,28,30). The van der Waals surface area contributed by atoms with Gasteiger partial charge in [0.1, 0.15) is 16.2 Å². The predicted octanol–water partition coefficient (Wildman–Crippen LogP) is 6.08. The van der Waals surface area contributed by atoms with Gasteiger partial charge in [0.25, 0.3) is 0 Å². The van der Waals surface area contributed by atoms with Crippen LogP contribution < -0.4 is 5.32 Å². The van der Waals surface area contributed by atoms with Crippen LogP contribution in [0.3, 0.4) is 0 Å². The fourth-order valence-corrected chi connectivity index (χ4v) is 5.09. The molecule has 0 aliphatic carbocycles. The van der Waals surface area contributed by atoms with Crippen molar-refractivity contribution in [3.63, 3.8) is 0 Å². The third-order valence-corrected chi connectivity index (χ3v) is 6.64. The molecule has 0 bridgehead atoms. The summed E-state index contributed by atoms with van der Waals surface area (Å²) < 4.78 is 7.31. The van der Waals surface area contributed by atoms with Crippen LogP contribution in [0.4, 0.5) is 5.00 Å². The number of esters is 1. The van der Waals surface area contributed by atoms with Gasteiger partial charge >= 0.3 is 5.97 Å². The molecule has 1 amide bonds. The lowest BCUT2D eigenvalue weighted by molar-refractivity contribution is -0.116.